The van der Waals surface area contributed by atoms with Gasteiger partial charge in [-0.15, -0.1) is 0 Å². The molecular weight excluding hydrogens is 248 g/mol. The van der Waals surface area contributed by atoms with Gasteiger partial charge >= 0.3 is 5.97 Å². The van der Waals surface area contributed by atoms with Gasteiger partial charge in [-0.05, 0) is 13.3 Å². The average molecular weight is 264 g/mol. The van der Waals surface area contributed by atoms with E-state index in [0.29, 0.717) is 13.0 Å². The van der Waals surface area contributed by atoms with E-state index in [1.807, 2.05) is 0 Å². The Morgan fingerprint density at radius 3 is 2.47 bits per heavy atom. The van der Waals surface area contributed by atoms with Crippen molar-refractivity contribution in [3.8, 4) is 0 Å². The van der Waals surface area contributed by atoms with Gasteiger partial charge in [0.25, 0.3) is 0 Å². The highest BCUT2D eigenvalue weighted by Crippen LogP contribution is 2.13. The molecule has 0 spiro atoms. The summed E-state index contributed by atoms with van der Waals surface area (Å²) in [5.74, 6) is -1.58. The molecule has 17 heavy (non-hydrogen) atoms. The molecule has 98 valence electrons. The van der Waals surface area contributed by atoms with E-state index in [4.69, 9.17) is 5.11 Å². The summed E-state index contributed by atoms with van der Waals surface area (Å²) in [6.45, 7) is 1.42. The van der Waals surface area contributed by atoms with Crippen molar-refractivity contribution in [2.24, 2.45) is 0 Å². The Hall–Kier alpha value is -1.15. The van der Waals surface area contributed by atoms with Crippen molar-refractivity contribution in [3.05, 3.63) is 0 Å². The first kappa shape index (κ1) is 13.9. The van der Waals surface area contributed by atoms with Crippen molar-refractivity contribution < 1.29 is 23.1 Å². The molecule has 0 aliphatic carbocycles. The lowest BCUT2D eigenvalue weighted by Crippen LogP contribution is -2.45. The van der Waals surface area contributed by atoms with Gasteiger partial charge in [-0.3, -0.25) is 4.79 Å². The monoisotopic (exact) mass is 264 g/mol. The normalized spacial score (nSPS) is 21.1. The maximum Gasteiger partial charge on any atom is 0.326 e. The first-order valence-corrected chi connectivity index (χ1v) is 6.83. The summed E-state index contributed by atoms with van der Waals surface area (Å²) in [5.41, 5.74) is 0. The molecule has 1 atom stereocenters. The summed E-state index contributed by atoms with van der Waals surface area (Å²) < 4.78 is 24.0. The Balaban J connectivity index is 2.64. The van der Waals surface area contributed by atoms with E-state index >= 15 is 0 Å². The zero-order valence-electron chi connectivity index (χ0n) is 9.79. The second kappa shape index (κ2) is 5.01. The molecule has 8 heteroatoms. The molecule has 1 fully saturated rings. The Morgan fingerprint density at radius 2 is 2.06 bits per heavy atom. The van der Waals surface area contributed by atoms with Gasteiger partial charge in [0.15, 0.2) is 0 Å². The molecule has 0 aromatic carbocycles. The first-order chi connectivity index (χ1) is 7.75. The number of hydrogen-bond donors (Lipinski definition) is 1. The van der Waals surface area contributed by atoms with Crippen LogP contribution >= 0.6 is 0 Å². The summed E-state index contributed by atoms with van der Waals surface area (Å²) >= 11 is 0. The molecular formula is C9H16N2O5S. The van der Waals surface area contributed by atoms with Crippen LogP contribution in [0.3, 0.4) is 0 Å². The fourth-order valence-electron chi connectivity index (χ4n) is 1.51. The lowest BCUT2D eigenvalue weighted by atomic mass is 10.3. The summed E-state index contributed by atoms with van der Waals surface area (Å²) in [5, 5.41) is 8.74. The van der Waals surface area contributed by atoms with Crippen LogP contribution in [0, 0.1) is 0 Å². The van der Waals surface area contributed by atoms with Crippen LogP contribution in [-0.2, 0) is 19.6 Å². The van der Waals surface area contributed by atoms with Crippen molar-refractivity contribution in [1.29, 1.82) is 0 Å². The molecule has 0 bridgehead atoms. The third-order valence-electron chi connectivity index (χ3n) is 2.85. The standard InChI is InChI=1S/C9H16N2O5S/c1-7(9(13)14)10(2)8(12)6-11-4-3-5-17(11,15)16/h7H,3-6H2,1-2H3,(H,13,14)/t7-/m1/s1. The Morgan fingerprint density at radius 1 is 1.47 bits per heavy atom. The van der Waals surface area contributed by atoms with Gasteiger partial charge < -0.3 is 10.0 Å². The van der Waals surface area contributed by atoms with Crippen LogP contribution in [0.2, 0.25) is 0 Å². The number of likely N-dealkylation sites (N-methyl/N-ethyl adjacent to an activating group) is 1. The first-order valence-electron chi connectivity index (χ1n) is 5.22. The number of nitrogens with zero attached hydrogens (tertiary/aromatic N) is 2. The molecule has 0 aromatic rings. The smallest absolute Gasteiger partial charge is 0.326 e. The Labute approximate surface area is 100 Å². The lowest BCUT2D eigenvalue weighted by Gasteiger charge is -2.23. The second-order valence-electron chi connectivity index (χ2n) is 4.02. The number of carbonyl (C=O) groups is 2. The van der Waals surface area contributed by atoms with E-state index < -0.39 is 27.9 Å². The highest BCUT2D eigenvalue weighted by molar-refractivity contribution is 7.89. The zero-order chi connectivity index (χ0) is 13.2. The van der Waals surface area contributed by atoms with Crippen LogP contribution < -0.4 is 0 Å². The summed E-state index contributed by atoms with van der Waals surface area (Å²) in [6.07, 6.45) is 0.508. The van der Waals surface area contributed by atoms with Crippen LogP contribution in [0.25, 0.3) is 0 Å². The summed E-state index contributed by atoms with van der Waals surface area (Å²) in [4.78, 5) is 23.4. The van der Waals surface area contributed by atoms with Crippen molar-refractivity contribution in [1.82, 2.24) is 9.21 Å². The maximum atomic E-state index is 11.7. The van der Waals surface area contributed by atoms with Gasteiger partial charge in [-0.1, -0.05) is 0 Å². The molecule has 1 heterocycles. The second-order valence-corrected chi connectivity index (χ2v) is 6.11. The highest BCUT2D eigenvalue weighted by atomic mass is 32.2. The van der Waals surface area contributed by atoms with Crippen LogP contribution in [0.4, 0.5) is 0 Å². The molecule has 1 rings (SSSR count). The largest absolute Gasteiger partial charge is 0.480 e. The van der Waals surface area contributed by atoms with E-state index in [1.54, 1.807) is 0 Å². The van der Waals surface area contributed by atoms with Crippen molar-refractivity contribution in [2.45, 2.75) is 19.4 Å². The number of carbonyl (C=O) groups excluding carboxylic acids is 1. The van der Waals surface area contributed by atoms with Crippen LogP contribution in [0.15, 0.2) is 0 Å². The molecule has 1 aliphatic rings. The van der Waals surface area contributed by atoms with Crippen LogP contribution in [0.5, 0.6) is 0 Å². The molecule has 1 aliphatic heterocycles. The van der Waals surface area contributed by atoms with Crippen molar-refractivity contribution in [3.63, 3.8) is 0 Å². The molecule has 1 saturated heterocycles. The Bertz CT molecular complexity index is 419. The molecule has 0 aromatic heterocycles. The predicted molar refractivity (Wildman–Crippen MR) is 59.8 cm³/mol. The van der Waals surface area contributed by atoms with Crippen molar-refractivity contribution in [2.75, 3.05) is 25.9 Å². The topological polar surface area (TPSA) is 95.0 Å². The van der Waals surface area contributed by atoms with Crippen LogP contribution in [0.1, 0.15) is 13.3 Å². The average Bonchev–Trinajstić information content (AvgIpc) is 2.56. The number of amides is 1. The highest BCUT2D eigenvalue weighted by Gasteiger charge is 2.32. The molecule has 7 nitrogen and oxygen atoms in total. The quantitative estimate of drug-likeness (QED) is 0.699. The molecule has 1 amide bonds. The summed E-state index contributed by atoms with van der Waals surface area (Å²) in [7, 11) is -1.97. The minimum Gasteiger partial charge on any atom is -0.480 e. The number of sulfonamides is 1. The number of rotatable bonds is 4. The van der Waals surface area contributed by atoms with E-state index in [1.165, 1.54) is 14.0 Å². The SMILES string of the molecule is C[C@H](C(=O)O)N(C)C(=O)CN1CCCS1(=O)=O. The Kier molecular flexibility index (Phi) is 4.10. The van der Waals surface area contributed by atoms with Crippen LogP contribution in [-0.4, -0.2) is 66.5 Å². The number of aliphatic carboxylic acids is 1. The molecule has 1 N–H and O–H groups in total. The fourth-order valence-corrected chi connectivity index (χ4v) is 2.98. The third-order valence-corrected chi connectivity index (χ3v) is 4.75. The van der Waals surface area contributed by atoms with E-state index in [0.717, 1.165) is 9.21 Å². The van der Waals surface area contributed by atoms with Crippen molar-refractivity contribution >= 4 is 21.9 Å². The van der Waals surface area contributed by atoms with E-state index in [-0.39, 0.29) is 12.3 Å². The predicted octanol–water partition coefficient (Wildman–Crippen LogP) is -1.05. The number of hydrogen-bond acceptors (Lipinski definition) is 4. The molecule has 0 saturated carbocycles. The van der Waals surface area contributed by atoms with Gasteiger partial charge in [0, 0.05) is 13.6 Å². The van der Waals surface area contributed by atoms with Gasteiger partial charge in [0.05, 0.1) is 12.3 Å². The minimum absolute atomic E-state index is 0.0540. The third kappa shape index (κ3) is 3.16. The zero-order valence-corrected chi connectivity index (χ0v) is 10.6. The maximum absolute atomic E-state index is 11.7. The lowest BCUT2D eigenvalue weighted by molar-refractivity contribution is -0.148. The fraction of sp³-hybridized carbons (Fsp3) is 0.778. The van der Waals surface area contributed by atoms with Gasteiger partial charge in [0.2, 0.25) is 15.9 Å². The van der Waals surface area contributed by atoms with Gasteiger partial charge in [-0.2, -0.15) is 4.31 Å². The minimum atomic E-state index is -3.32. The van der Waals surface area contributed by atoms with Gasteiger partial charge in [0.1, 0.15) is 6.04 Å². The summed E-state index contributed by atoms with van der Waals surface area (Å²) in [6, 6.07) is -0.965. The molecule has 0 unspecified atom stereocenters. The molecule has 0 radical (unpaired) electrons. The number of carboxylic acid groups (broad SMARTS) is 1. The van der Waals surface area contributed by atoms with E-state index in [2.05, 4.69) is 0 Å². The van der Waals surface area contributed by atoms with Gasteiger partial charge in [-0.25, -0.2) is 13.2 Å². The van der Waals surface area contributed by atoms with E-state index in [9.17, 15) is 18.0 Å². The number of carboxylic acids is 1.